The van der Waals surface area contributed by atoms with Crippen molar-refractivity contribution in [1.82, 2.24) is 4.90 Å². The van der Waals surface area contributed by atoms with E-state index in [1.54, 1.807) is 18.2 Å². The van der Waals surface area contributed by atoms with Crippen LogP contribution in [0.15, 0.2) is 38.6 Å². The van der Waals surface area contributed by atoms with Crippen LogP contribution >= 0.6 is 35.6 Å². The number of amides is 1. The fourth-order valence-electron chi connectivity index (χ4n) is 2.13. The summed E-state index contributed by atoms with van der Waals surface area (Å²) in [6.45, 7) is 2.35. The van der Waals surface area contributed by atoms with Gasteiger partial charge in [0, 0.05) is 11.6 Å². The number of rotatable bonds is 2. The standard InChI is InChI=1S/C15H10ClNO3S2/c1-2-17-14(19)12(22-15(17)21)5-8-7-20-11-4-3-9(16)6-10(11)13(8)18/h3-7H,2H2,1H3. The highest BCUT2D eigenvalue weighted by Gasteiger charge is 2.30. The molecule has 1 aromatic heterocycles. The number of hydrogen-bond acceptors (Lipinski definition) is 5. The second-order valence-corrected chi connectivity index (χ2v) is 6.70. The fraction of sp³-hybridized carbons (Fsp3) is 0.133. The van der Waals surface area contributed by atoms with Gasteiger partial charge >= 0.3 is 0 Å². The van der Waals surface area contributed by atoms with Gasteiger partial charge in [0.05, 0.1) is 15.9 Å². The van der Waals surface area contributed by atoms with E-state index in [0.717, 1.165) is 0 Å². The summed E-state index contributed by atoms with van der Waals surface area (Å²) in [5.41, 5.74) is 0.518. The summed E-state index contributed by atoms with van der Waals surface area (Å²) < 4.78 is 5.93. The predicted molar refractivity (Wildman–Crippen MR) is 93.0 cm³/mol. The van der Waals surface area contributed by atoms with Crippen molar-refractivity contribution in [2.75, 3.05) is 6.54 Å². The number of carbonyl (C=O) groups is 1. The number of thiocarbonyl (C=S) groups is 1. The van der Waals surface area contributed by atoms with Crippen LogP contribution in [0, 0.1) is 0 Å². The lowest BCUT2D eigenvalue weighted by Crippen LogP contribution is -2.27. The molecular weight excluding hydrogens is 342 g/mol. The van der Waals surface area contributed by atoms with Gasteiger partial charge in [-0.05, 0) is 31.2 Å². The Hall–Kier alpha value is -1.63. The van der Waals surface area contributed by atoms with Gasteiger partial charge in [0.25, 0.3) is 5.91 Å². The second kappa shape index (κ2) is 5.87. The third-order valence-corrected chi connectivity index (χ3v) is 4.85. The molecule has 22 heavy (non-hydrogen) atoms. The van der Waals surface area contributed by atoms with Crippen molar-refractivity contribution in [1.29, 1.82) is 0 Å². The van der Waals surface area contributed by atoms with Crippen LogP contribution in [0.25, 0.3) is 17.0 Å². The number of halogens is 1. The van der Waals surface area contributed by atoms with Crippen LogP contribution in [0.5, 0.6) is 0 Å². The Morgan fingerprint density at radius 1 is 1.41 bits per heavy atom. The zero-order chi connectivity index (χ0) is 15.9. The molecule has 0 N–H and O–H groups in total. The highest BCUT2D eigenvalue weighted by Crippen LogP contribution is 2.32. The second-order valence-electron chi connectivity index (χ2n) is 4.59. The van der Waals surface area contributed by atoms with Crippen molar-refractivity contribution in [2.24, 2.45) is 0 Å². The van der Waals surface area contributed by atoms with Crippen LogP contribution in [0.2, 0.25) is 5.02 Å². The zero-order valence-corrected chi connectivity index (χ0v) is 13.8. The third-order valence-electron chi connectivity index (χ3n) is 3.24. The third kappa shape index (κ3) is 2.58. The molecule has 1 aliphatic rings. The normalized spacial score (nSPS) is 17.0. The summed E-state index contributed by atoms with van der Waals surface area (Å²) in [7, 11) is 0. The number of likely N-dealkylation sites (N-methyl/N-ethyl adjacent to an activating group) is 1. The molecule has 4 nitrogen and oxygen atoms in total. The van der Waals surface area contributed by atoms with Gasteiger partial charge in [-0.25, -0.2) is 0 Å². The van der Waals surface area contributed by atoms with E-state index in [1.807, 2.05) is 6.92 Å². The Morgan fingerprint density at radius 3 is 2.86 bits per heavy atom. The maximum Gasteiger partial charge on any atom is 0.266 e. The van der Waals surface area contributed by atoms with Gasteiger partial charge < -0.3 is 4.42 Å². The molecule has 7 heteroatoms. The minimum atomic E-state index is -0.231. The SMILES string of the molecule is CCN1C(=O)C(=Cc2coc3ccc(Cl)cc3c2=O)SC1=S. The van der Waals surface area contributed by atoms with E-state index in [1.165, 1.54) is 29.0 Å². The van der Waals surface area contributed by atoms with Gasteiger partial charge in [0.15, 0.2) is 5.43 Å². The lowest BCUT2D eigenvalue weighted by atomic mass is 10.1. The number of fused-ring (bicyclic) bond motifs is 1. The Bertz CT molecular complexity index is 888. The number of benzene rings is 1. The molecule has 1 aliphatic heterocycles. The Morgan fingerprint density at radius 2 is 2.18 bits per heavy atom. The zero-order valence-electron chi connectivity index (χ0n) is 11.5. The molecule has 0 radical (unpaired) electrons. The molecule has 112 valence electrons. The van der Waals surface area contributed by atoms with Gasteiger partial charge in [-0.1, -0.05) is 35.6 Å². The first-order valence-corrected chi connectivity index (χ1v) is 8.08. The molecule has 2 heterocycles. The van der Waals surface area contributed by atoms with Crippen molar-refractivity contribution >= 4 is 62.9 Å². The van der Waals surface area contributed by atoms with Crippen molar-refractivity contribution in [3.05, 3.63) is 50.2 Å². The van der Waals surface area contributed by atoms with Gasteiger partial charge in [-0.3, -0.25) is 14.5 Å². The monoisotopic (exact) mass is 351 g/mol. The summed E-state index contributed by atoms with van der Waals surface area (Å²) in [5.74, 6) is -0.192. The van der Waals surface area contributed by atoms with E-state index in [0.29, 0.717) is 37.3 Å². The molecule has 0 atom stereocenters. The predicted octanol–water partition coefficient (Wildman–Crippen LogP) is 3.67. The molecule has 0 saturated carbocycles. The molecule has 1 fully saturated rings. The maximum absolute atomic E-state index is 12.5. The number of nitrogens with zero attached hydrogens (tertiary/aromatic N) is 1. The first-order valence-electron chi connectivity index (χ1n) is 6.47. The molecule has 1 aromatic carbocycles. The van der Waals surface area contributed by atoms with Crippen molar-refractivity contribution in [3.8, 4) is 0 Å². The van der Waals surface area contributed by atoms with Crippen LogP contribution in [-0.2, 0) is 4.79 Å². The van der Waals surface area contributed by atoms with E-state index in [2.05, 4.69) is 0 Å². The summed E-state index contributed by atoms with van der Waals surface area (Å²) in [6, 6.07) is 4.84. The Labute approximate surface area is 140 Å². The van der Waals surface area contributed by atoms with Crippen LogP contribution in [0.3, 0.4) is 0 Å². The molecule has 1 saturated heterocycles. The van der Waals surface area contributed by atoms with Crippen LogP contribution in [0.4, 0.5) is 0 Å². The van der Waals surface area contributed by atoms with Gasteiger partial charge in [-0.2, -0.15) is 0 Å². The van der Waals surface area contributed by atoms with Gasteiger partial charge in [0.1, 0.15) is 16.2 Å². The molecule has 0 bridgehead atoms. The van der Waals surface area contributed by atoms with E-state index >= 15 is 0 Å². The highest BCUT2D eigenvalue weighted by atomic mass is 35.5. The topological polar surface area (TPSA) is 50.5 Å². The smallest absolute Gasteiger partial charge is 0.266 e. The lowest BCUT2D eigenvalue weighted by Gasteiger charge is -2.09. The van der Waals surface area contributed by atoms with Gasteiger partial charge in [0.2, 0.25) is 0 Å². The summed E-state index contributed by atoms with van der Waals surface area (Å²) >= 11 is 12.2. The molecule has 0 unspecified atom stereocenters. The molecule has 0 spiro atoms. The number of hydrogen-bond donors (Lipinski definition) is 0. The quantitative estimate of drug-likeness (QED) is 0.610. The summed E-state index contributed by atoms with van der Waals surface area (Å²) in [5, 5.41) is 0.835. The Balaban J connectivity index is 2.10. The fourth-order valence-corrected chi connectivity index (χ4v) is 3.68. The minimum Gasteiger partial charge on any atom is -0.463 e. The van der Waals surface area contributed by atoms with Crippen molar-refractivity contribution in [3.63, 3.8) is 0 Å². The van der Waals surface area contributed by atoms with E-state index < -0.39 is 0 Å². The molecular formula is C15H10ClNO3S2. The lowest BCUT2D eigenvalue weighted by molar-refractivity contribution is -0.121. The van der Waals surface area contributed by atoms with Crippen molar-refractivity contribution in [2.45, 2.75) is 6.92 Å². The van der Waals surface area contributed by atoms with E-state index in [4.69, 9.17) is 28.2 Å². The highest BCUT2D eigenvalue weighted by molar-refractivity contribution is 8.26. The first-order chi connectivity index (χ1) is 10.5. The molecule has 0 aliphatic carbocycles. The number of thioether (sulfide) groups is 1. The van der Waals surface area contributed by atoms with Crippen LogP contribution in [-0.4, -0.2) is 21.7 Å². The molecule has 3 rings (SSSR count). The summed E-state index contributed by atoms with van der Waals surface area (Å²) in [6.07, 6.45) is 2.86. The first kappa shape index (κ1) is 15.3. The van der Waals surface area contributed by atoms with E-state index in [9.17, 15) is 9.59 Å². The number of carbonyl (C=O) groups excluding carboxylic acids is 1. The van der Waals surface area contributed by atoms with Crippen molar-refractivity contribution < 1.29 is 9.21 Å². The largest absolute Gasteiger partial charge is 0.463 e. The van der Waals surface area contributed by atoms with E-state index in [-0.39, 0.29) is 11.3 Å². The average molecular weight is 352 g/mol. The van der Waals surface area contributed by atoms with Crippen LogP contribution in [0.1, 0.15) is 12.5 Å². The average Bonchev–Trinajstić information content (AvgIpc) is 2.76. The molecule has 2 aromatic rings. The minimum absolute atomic E-state index is 0.192. The summed E-state index contributed by atoms with van der Waals surface area (Å²) in [4.78, 5) is 26.6. The maximum atomic E-state index is 12.5. The van der Waals surface area contributed by atoms with Gasteiger partial charge in [-0.15, -0.1) is 0 Å². The molecule has 1 amide bonds. The Kier molecular flexibility index (Phi) is 4.08. The van der Waals surface area contributed by atoms with Crippen LogP contribution < -0.4 is 5.43 Å².